The largest absolute Gasteiger partial charge is 0.456 e. The van der Waals surface area contributed by atoms with Gasteiger partial charge in [0.15, 0.2) is 17.5 Å². The molecule has 3 heterocycles. The Balaban J connectivity index is 1.14. The molecule has 0 N–H and O–H groups in total. The molecule has 11 rings (SSSR count). The first-order valence-corrected chi connectivity index (χ1v) is 18.8. The minimum Gasteiger partial charge on any atom is -0.456 e. The van der Waals surface area contributed by atoms with Crippen molar-refractivity contribution in [2.75, 3.05) is 0 Å². The van der Waals surface area contributed by atoms with Crippen LogP contribution in [0.5, 0.6) is 0 Å². The monoisotopic (exact) mass is 707 g/mol. The quantitative estimate of drug-likeness (QED) is 0.179. The SMILES string of the molecule is c1ccc(-c2ccccc2-c2nc(-c3ccc4c(c3)oc3ccccc34)nc(-c3ccc(-c4cccc5c4sc4ccccc45)c4ccccc34)n2)cc1. The van der Waals surface area contributed by atoms with E-state index in [9.17, 15) is 0 Å². The third-order valence-electron chi connectivity index (χ3n) is 10.4. The van der Waals surface area contributed by atoms with Crippen LogP contribution in [0, 0.1) is 0 Å². The Morgan fingerprint density at radius 1 is 0.333 bits per heavy atom. The number of para-hydroxylation sites is 1. The molecule has 0 bridgehead atoms. The van der Waals surface area contributed by atoms with Gasteiger partial charge in [0, 0.05) is 53.2 Å². The molecule has 8 aromatic carbocycles. The molecule has 0 fully saturated rings. The minimum atomic E-state index is 0.587. The fraction of sp³-hybridized carbons (Fsp3) is 0. The van der Waals surface area contributed by atoms with E-state index in [1.54, 1.807) is 0 Å². The molecule has 0 aliphatic rings. The summed E-state index contributed by atoms with van der Waals surface area (Å²) < 4.78 is 8.90. The Morgan fingerprint density at radius 3 is 1.78 bits per heavy atom. The molecule has 0 aliphatic carbocycles. The lowest BCUT2D eigenvalue weighted by molar-refractivity contribution is 0.669. The van der Waals surface area contributed by atoms with Crippen LogP contribution in [0.2, 0.25) is 0 Å². The number of fused-ring (bicyclic) bond motifs is 7. The van der Waals surface area contributed by atoms with E-state index in [0.717, 1.165) is 60.5 Å². The molecule has 0 saturated heterocycles. The number of rotatable bonds is 5. The summed E-state index contributed by atoms with van der Waals surface area (Å²) in [7, 11) is 0. The van der Waals surface area contributed by atoms with Gasteiger partial charge in [-0.2, -0.15) is 0 Å². The van der Waals surface area contributed by atoms with E-state index in [-0.39, 0.29) is 0 Å². The van der Waals surface area contributed by atoms with E-state index in [0.29, 0.717) is 17.5 Å². The smallest absolute Gasteiger partial charge is 0.164 e. The second-order valence-corrected chi connectivity index (χ2v) is 14.6. The first-order valence-electron chi connectivity index (χ1n) is 18.0. The van der Waals surface area contributed by atoms with Crippen LogP contribution in [-0.2, 0) is 0 Å². The molecule has 54 heavy (non-hydrogen) atoms. The van der Waals surface area contributed by atoms with Gasteiger partial charge in [0.25, 0.3) is 0 Å². The van der Waals surface area contributed by atoms with Crippen LogP contribution in [0.25, 0.3) is 109 Å². The fourth-order valence-electron chi connectivity index (χ4n) is 7.85. The number of thiophene rings is 1. The lowest BCUT2D eigenvalue weighted by Crippen LogP contribution is -2.01. The molecule has 5 heteroatoms. The summed E-state index contributed by atoms with van der Waals surface area (Å²) in [6.45, 7) is 0. The molecule has 4 nitrogen and oxygen atoms in total. The van der Waals surface area contributed by atoms with E-state index < -0.39 is 0 Å². The molecule has 0 saturated carbocycles. The highest BCUT2D eigenvalue weighted by molar-refractivity contribution is 7.26. The molecule has 11 aromatic rings. The summed E-state index contributed by atoms with van der Waals surface area (Å²) in [6, 6.07) is 61.5. The van der Waals surface area contributed by atoms with Gasteiger partial charge in [-0.15, -0.1) is 11.3 Å². The Morgan fingerprint density at radius 2 is 0.926 bits per heavy atom. The van der Waals surface area contributed by atoms with Crippen LogP contribution >= 0.6 is 11.3 Å². The van der Waals surface area contributed by atoms with E-state index in [1.165, 1.54) is 31.3 Å². The second-order valence-electron chi connectivity index (χ2n) is 13.5. The van der Waals surface area contributed by atoms with Gasteiger partial charge in [-0.05, 0) is 57.8 Å². The summed E-state index contributed by atoms with van der Waals surface area (Å²) in [5, 5.41) is 6.96. The van der Waals surface area contributed by atoms with Gasteiger partial charge in [0.1, 0.15) is 11.2 Å². The Labute approximate surface area is 314 Å². The van der Waals surface area contributed by atoms with E-state index >= 15 is 0 Å². The number of furan rings is 1. The summed E-state index contributed by atoms with van der Waals surface area (Å²) in [5.41, 5.74) is 8.98. The van der Waals surface area contributed by atoms with Crippen LogP contribution in [0.4, 0.5) is 0 Å². The average Bonchev–Trinajstić information content (AvgIpc) is 3.82. The maximum Gasteiger partial charge on any atom is 0.164 e. The molecule has 0 amide bonds. The van der Waals surface area contributed by atoms with Gasteiger partial charge in [-0.3, -0.25) is 0 Å². The normalized spacial score (nSPS) is 11.7. The third-order valence-corrected chi connectivity index (χ3v) is 11.6. The van der Waals surface area contributed by atoms with Crippen molar-refractivity contribution >= 4 is 64.2 Å². The molecule has 3 aromatic heterocycles. The summed E-state index contributed by atoms with van der Waals surface area (Å²) >= 11 is 1.85. The molecule has 0 radical (unpaired) electrons. The van der Waals surface area contributed by atoms with Crippen molar-refractivity contribution in [1.29, 1.82) is 0 Å². The number of hydrogen-bond donors (Lipinski definition) is 0. The van der Waals surface area contributed by atoms with E-state index in [1.807, 2.05) is 47.7 Å². The molecule has 0 spiro atoms. The molecule has 252 valence electrons. The van der Waals surface area contributed by atoms with Gasteiger partial charge in [0.05, 0.1) is 0 Å². The predicted molar refractivity (Wildman–Crippen MR) is 225 cm³/mol. The zero-order valence-electron chi connectivity index (χ0n) is 28.9. The second kappa shape index (κ2) is 12.3. The van der Waals surface area contributed by atoms with Crippen molar-refractivity contribution in [2.45, 2.75) is 0 Å². The summed E-state index contributed by atoms with van der Waals surface area (Å²) in [6.07, 6.45) is 0. The van der Waals surface area contributed by atoms with Gasteiger partial charge in [0.2, 0.25) is 0 Å². The highest BCUT2D eigenvalue weighted by Crippen LogP contribution is 2.43. The zero-order valence-corrected chi connectivity index (χ0v) is 29.7. The number of aromatic nitrogens is 3. The summed E-state index contributed by atoms with van der Waals surface area (Å²) in [4.78, 5) is 15.7. The standard InChI is InChI=1S/C49H29N3OS/c1-2-13-30(14-3-1)32-15-4-7-20-41(32)48-50-47(31-25-26-37-36-18-8-10-23-43(36)53-44(37)29-31)51-49(52-48)42-28-27-35(33-16-5-6-17-34(33)42)39-21-12-22-40-38-19-9-11-24-45(38)54-46(39)40/h1-29H. The van der Waals surface area contributed by atoms with E-state index in [4.69, 9.17) is 19.4 Å². The van der Waals surface area contributed by atoms with Gasteiger partial charge in [-0.25, -0.2) is 15.0 Å². The first-order chi connectivity index (χ1) is 26.8. The van der Waals surface area contributed by atoms with Gasteiger partial charge in [-0.1, -0.05) is 146 Å². The number of hydrogen-bond acceptors (Lipinski definition) is 5. The van der Waals surface area contributed by atoms with Crippen molar-refractivity contribution in [3.8, 4) is 56.4 Å². The average molecular weight is 708 g/mol. The van der Waals surface area contributed by atoms with Crippen LogP contribution < -0.4 is 0 Å². The van der Waals surface area contributed by atoms with Crippen LogP contribution in [0.15, 0.2) is 180 Å². The molecular formula is C49H29N3OS. The zero-order chi connectivity index (χ0) is 35.6. The number of benzene rings is 8. The lowest BCUT2D eigenvalue weighted by Gasteiger charge is -2.14. The third kappa shape index (κ3) is 4.94. The minimum absolute atomic E-state index is 0.587. The van der Waals surface area contributed by atoms with Crippen molar-refractivity contribution in [3.63, 3.8) is 0 Å². The molecule has 0 unspecified atom stereocenters. The van der Waals surface area contributed by atoms with Crippen LogP contribution in [0.1, 0.15) is 0 Å². The van der Waals surface area contributed by atoms with Gasteiger partial charge < -0.3 is 4.42 Å². The highest BCUT2D eigenvalue weighted by Gasteiger charge is 2.20. The van der Waals surface area contributed by atoms with Crippen LogP contribution in [0.3, 0.4) is 0 Å². The fourth-order valence-corrected chi connectivity index (χ4v) is 9.08. The first kappa shape index (κ1) is 30.7. The van der Waals surface area contributed by atoms with Gasteiger partial charge >= 0.3 is 0 Å². The Hall–Kier alpha value is -6.95. The maximum atomic E-state index is 6.31. The topological polar surface area (TPSA) is 51.8 Å². The van der Waals surface area contributed by atoms with Crippen molar-refractivity contribution in [3.05, 3.63) is 176 Å². The highest BCUT2D eigenvalue weighted by atomic mass is 32.1. The summed E-state index contributed by atoms with van der Waals surface area (Å²) in [5.74, 6) is 1.82. The molecular weight excluding hydrogens is 679 g/mol. The van der Waals surface area contributed by atoms with Crippen molar-refractivity contribution < 1.29 is 4.42 Å². The van der Waals surface area contributed by atoms with Crippen molar-refractivity contribution in [2.24, 2.45) is 0 Å². The molecule has 0 atom stereocenters. The Kier molecular flexibility index (Phi) is 7.00. The Bertz CT molecular complexity index is 3230. The van der Waals surface area contributed by atoms with Crippen molar-refractivity contribution in [1.82, 2.24) is 15.0 Å². The van der Waals surface area contributed by atoms with E-state index in [2.05, 4.69) is 140 Å². The maximum absolute atomic E-state index is 6.31. The lowest BCUT2D eigenvalue weighted by atomic mass is 9.93. The number of nitrogens with zero attached hydrogens (tertiary/aromatic N) is 3. The predicted octanol–water partition coefficient (Wildman–Crippen LogP) is 13.6. The molecule has 0 aliphatic heterocycles. The van der Waals surface area contributed by atoms with Crippen LogP contribution in [-0.4, -0.2) is 15.0 Å².